The lowest BCUT2D eigenvalue weighted by Crippen LogP contribution is -2.50. The van der Waals surface area contributed by atoms with Crippen molar-refractivity contribution in [2.75, 3.05) is 37.7 Å². The number of sulfone groups is 1. The standard InChI is InChI=1S/C21H26N4O5S/c26-19(22-16-7-12-31(29,30)14-16)5-6-20(27)24-8-10-25(11-9-24)21(28)18-13-15-3-1-2-4-17(15)23-18/h1-4,13,16,23H,5-12,14H2,(H,22,26)/t16-/m0/s1. The highest BCUT2D eigenvalue weighted by Crippen LogP contribution is 2.17. The maximum absolute atomic E-state index is 12.8. The smallest absolute Gasteiger partial charge is 0.270 e. The van der Waals surface area contributed by atoms with Crippen LogP contribution in [-0.2, 0) is 19.4 Å². The maximum atomic E-state index is 12.8. The number of rotatable bonds is 5. The zero-order chi connectivity index (χ0) is 22.0. The first-order valence-electron chi connectivity index (χ1n) is 10.5. The van der Waals surface area contributed by atoms with Gasteiger partial charge in [0.2, 0.25) is 11.8 Å². The molecule has 2 N–H and O–H groups in total. The molecule has 10 heteroatoms. The molecule has 0 spiro atoms. The number of hydrogen-bond donors (Lipinski definition) is 2. The number of amides is 3. The molecule has 0 unspecified atom stereocenters. The van der Waals surface area contributed by atoms with Crippen molar-refractivity contribution in [1.29, 1.82) is 0 Å². The van der Waals surface area contributed by atoms with Crippen LogP contribution < -0.4 is 5.32 Å². The van der Waals surface area contributed by atoms with E-state index in [1.165, 1.54) is 0 Å². The van der Waals surface area contributed by atoms with Crippen molar-refractivity contribution in [1.82, 2.24) is 20.1 Å². The van der Waals surface area contributed by atoms with E-state index >= 15 is 0 Å². The first-order valence-corrected chi connectivity index (χ1v) is 12.3. The molecule has 2 aromatic rings. The average molecular weight is 447 g/mol. The molecule has 0 aliphatic carbocycles. The highest BCUT2D eigenvalue weighted by molar-refractivity contribution is 7.91. The minimum Gasteiger partial charge on any atom is -0.352 e. The second kappa shape index (κ2) is 8.70. The van der Waals surface area contributed by atoms with Crippen LogP contribution in [0.4, 0.5) is 0 Å². The number of fused-ring (bicyclic) bond motifs is 1. The third kappa shape index (κ3) is 5.07. The van der Waals surface area contributed by atoms with E-state index in [4.69, 9.17) is 0 Å². The van der Waals surface area contributed by atoms with Gasteiger partial charge in [0, 0.05) is 56.0 Å². The average Bonchev–Trinajstić information content (AvgIpc) is 3.34. The fourth-order valence-corrected chi connectivity index (χ4v) is 5.78. The summed E-state index contributed by atoms with van der Waals surface area (Å²) in [6.45, 7) is 1.72. The first kappa shape index (κ1) is 21.4. The second-order valence-corrected chi connectivity index (χ2v) is 10.3. The summed E-state index contributed by atoms with van der Waals surface area (Å²) in [5.41, 5.74) is 1.44. The van der Waals surface area contributed by atoms with Crippen molar-refractivity contribution in [2.45, 2.75) is 25.3 Å². The Kier molecular flexibility index (Phi) is 5.99. The van der Waals surface area contributed by atoms with Gasteiger partial charge >= 0.3 is 0 Å². The van der Waals surface area contributed by atoms with Crippen LogP contribution in [-0.4, -0.2) is 84.6 Å². The molecular weight excluding hydrogens is 420 g/mol. The van der Waals surface area contributed by atoms with Crippen LogP contribution in [0, 0.1) is 0 Å². The van der Waals surface area contributed by atoms with Crippen LogP contribution in [0.25, 0.3) is 10.9 Å². The third-order valence-electron chi connectivity index (χ3n) is 5.84. The fraction of sp³-hybridized carbons (Fsp3) is 0.476. The molecule has 31 heavy (non-hydrogen) atoms. The number of nitrogens with one attached hydrogen (secondary N) is 2. The number of aromatic amines is 1. The lowest BCUT2D eigenvalue weighted by molar-refractivity contribution is -0.135. The summed E-state index contributed by atoms with van der Waals surface area (Å²) in [5.74, 6) is -0.457. The largest absolute Gasteiger partial charge is 0.352 e. The summed E-state index contributed by atoms with van der Waals surface area (Å²) in [4.78, 5) is 43.8. The number of hydrogen-bond acceptors (Lipinski definition) is 5. The molecule has 4 rings (SSSR count). The molecule has 2 aliphatic rings. The van der Waals surface area contributed by atoms with Gasteiger partial charge in [-0.1, -0.05) is 18.2 Å². The molecular formula is C21H26N4O5S. The van der Waals surface area contributed by atoms with E-state index in [0.29, 0.717) is 38.3 Å². The zero-order valence-corrected chi connectivity index (χ0v) is 18.0. The van der Waals surface area contributed by atoms with E-state index in [9.17, 15) is 22.8 Å². The summed E-state index contributed by atoms with van der Waals surface area (Å²) in [6.07, 6.45) is 0.527. The van der Waals surface area contributed by atoms with Gasteiger partial charge in [-0.15, -0.1) is 0 Å². The van der Waals surface area contributed by atoms with E-state index in [0.717, 1.165) is 10.9 Å². The van der Waals surface area contributed by atoms with Gasteiger partial charge in [-0.05, 0) is 18.6 Å². The Morgan fingerprint density at radius 3 is 2.42 bits per heavy atom. The number of H-pyrrole nitrogens is 1. The van der Waals surface area contributed by atoms with Crippen LogP contribution in [0.3, 0.4) is 0 Å². The molecule has 3 amide bonds. The number of carbonyl (C=O) groups is 3. The van der Waals surface area contributed by atoms with Crippen molar-refractivity contribution >= 4 is 38.5 Å². The van der Waals surface area contributed by atoms with Gasteiger partial charge in [-0.2, -0.15) is 0 Å². The molecule has 2 saturated heterocycles. The lowest BCUT2D eigenvalue weighted by Gasteiger charge is -2.34. The van der Waals surface area contributed by atoms with Gasteiger partial charge in [-0.25, -0.2) is 8.42 Å². The van der Waals surface area contributed by atoms with E-state index in [1.807, 2.05) is 30.3 Å². The van der Waals surface area contributed by atoms with Crippen molar-refractivity contribution in [3.05, 3.63) is 36.0 Å². The fourth-order valence-electron chi connectivity index (χ4n) is 4.11. The number of nitrogens with zero attached hydrogens (tertiary/aromatic N) is 2. The van der Waals surface area contributed by atoms with Crippen molar-refractivity contribution in [3.8, 4) is 0 Å². The number of aromatic nitrogens is 1. The summed E-state index contributed by atoms with van der Waals surface area (Å²) >= 11 is 0. The Bertz CT molecular complexity index is 1070. The monoisotopic (exact) mass is 446 g/mol. The molecule has 1 atom stereocenters. The second-order valence-electron chi connectivity index (χ2n) is 8.11. The highest BCUT2D eigenvalue weighted by Gasteiger charge is 2.29. The topological polar surface area (TPSA) is 120 Å². The Morgan fingerprint density at radius 2 is 1.74 bits per heavy atom. The van der Waals surface area contributed by atoms with Gasteiger partial charge in [-0.3, -0.25) is 14.4 Å². The van der Waals surface area contributed by atoms with Crippen LogP contribution in [0.5, 0.6) is 0 Å². The van der Waals surface area contributed by atoms with Crippen LogP contribution in [0.2, 0.25) is 0 Å². The Balaban J connectivity index is 1.22. The SMILES string of the molecule is O=C(CCC(=O)N1CCN(C(=O)c2cc3ccccc3[nH]2)CC1)N[C@H]1CCS(=O)(=O)C1. The quantitative estimate of drug-likeness (QED) is 0.695. The van der Waals surface area contributed by atoms with E-state index < -0.39 is 9.84 Å². The normalized spacial score (nSPS) is 20.7. The van der Waals surface area contributed by atoms with Crippen molar-refractivity contribution in [3.63, 3.8) is 0 Å². The van der Waals surface area contributed by atoms with Gasteiger partial charge in [0.1, 0.15) is 5.69 Å². The predicted molar refractivity (Wildman–Crippen MR) is 115 cm³/mol. The zero-order valence-electron chi connectivity index (χ0n) is 17.2. The molecule has 0 radical (unpaired) electrons. The molecule has 0 saturated carbocycles. The van der Waals surface area contributed by atoms with E-state index in [2.05, 4.69) is 10.3 Å². The Morgan fingerprint density at radius 1 is 1.03 bits per heavy atom. The molecule has 0 bridgehead atoms. The van der Waals surface area contributed by atoms with Crippen molar-refractivity contribution in [2.24, 2.45) is 0 Å². The summed E-state index contributed by atoms with van der Waals surface area (Å²) in [6, 6.07) is 9.18. The Hall–Kier alpha value is -2.88. The summed E-state index contributed by atoms with van der Waals surface area (Å²) in [7, 11) is -3.05. The lowest BCUT2D eigenvalue weighted by atomic mass is 10.2. The van der Waals surface area contributed by atoms with Gasteiger partial charge in [0.15, 0.2) is 9.84 Å². The van der Waals surface area contributed by atoms with Crippen molar-refractivity contribution < 1.29 is 22.8 Å². The van der Waals surface area contributed by atoms with E-state index in [-0.39, 0.29) is 48.1 Å². The molecule has 1 aromatic carbocycles. The molecule has 3 heterocycles. The van der Waals surface area contributed by atoms with E-state index in [1.54, 1.807) is 9.80 Å². The van der Waals surface area contributed by atoms with Gasteiger partial charge in [0.25, 0.3) is 5.91 Å². The summed E-state index contributed by atoms with van der Waals surface area (Å²) < 4.78 is 22.9. The molecule has 2 fully saturated rings. The molecule has 2 aliphatic heterocycles. The third-order valence-corrected chi connectivity index (χ3v) is 7.61. The number of para-hydroxylation sites is 1. The van der Waals surface area contributed by atoms with Gasteiger partial charge in [0.05, 0.1) is 11.5 Å². The molecule has 1 aromatic heterocycles. The highest BCUT2D eigenvalue weighted by atomic mass is 32.2. The van der Waals surface area contributed by atoms with Crippen LogP contribution in [0.1, 0.15) is 29.8 Å². The summed E-state index contributed by atoms with van der Waals surface area (Å²) in [5, 5.41) is 3.68. The molecule has 166 valence electrons. The minimum absolute atomic E-state index is 0.0287. The molecule has 9 nitrogen and oxygen atoms in total. The predicted octanol–water partition coefficient (Wildman–Crippen LogP) is 0.536. The number of piperazine rings is 1. The number of benzene rings is 1. The maximum Gasteiger partial charge on any atom is 0.270 e. The van der Waals surface area contributed by atoms with Gasteiger partial charge < -0.3 is 20.1 Å². The minimum atomic E-state index is -3.05. The Labute approximate surface area is 180 Å². The number of carbonyl (C=O) groups excluding carboxylic acids is 3. The van der Waals surface area contributed by atoms with Crippen LogP contribution in [0.15, 0.2) is 30.3 Å². The van der Waals surface area contributed by atoms with Crippen LogP contribution >= 0.6 is 0 Å². The first-order chi connectivity index (χ1) is 14.8.